The number of nitrogen functional groups attached to an aromatic ring is 1. The molecular formula is C11H10FN3O. The monoisotopic (exact) mass is 219 g/mol. The lowest BCUT2D eigenvalue weighted by Crippen LogP contribution is -1.91. The van der Waals surface area contributed by atoms with Crippen molar-refractivity contribution >= 4 is 12.1 Å². The topological polar surface area (TPSA) is 71.8 Å². The molecule has 0 spiro atoms. The number of halogens is 1. The second kappa shape index (κ2) is 3.77. The van der Waals surface area contributed by atoms with Crippen molar-refractivity contribution in [1.82, 2.24) is 10.2 Å². The Bertz CT molecular complexity index is 548. The van der Waals surface area contributed by atoms with Gasteiger partial charge in [0.05, 0.1) is 11.3 Å². The highest BCUT2D eigenvalue weighted by Crippen LogP contribution is 2.25. The normalized spacial score (nSPS) is 10.4. The number of aromatic nitrogens is 2. The van der Waals surface area contributed by atoms with E-state index in [1.165, 1.54) is 6.07 Å². The lowest BCUT2D eigenvalue weighted by Gasteiger charge is -2.01. The average Bonchev–Trinajstić information content (AvgIpc) is 2.63. The number of hydrogen-bond acceptors (Lipinski definition) is 3. The fourth-order valence-corrected chi connectivity index (χ4v) is 1.50. The summed E-state index contributed by atoms with van der Waals surface area (Å²) in [6, 6.07) is 4.55. The number of nitrogens with one attached hydrogen (secondary N) is 1. The number of aromatic amines is 1. The molecule has 0 amide bonds. The Balaban J connectivity index is 2.58. The van der Waals surface area contributed by atoms with Crippen molar-refractivity contribution < 1.29 is 9.18 Å². The van der Waals surface area contributed by atoms with Crippen LogP contribution in [0.25, 0.3) is 11.3 Å². The summed E-state index contributed by atoms with van der Waals surface area (Å²) in [5, 5.41) is 6.40. The van der Waals surface area contributed by atoms with Gasteiger partial charge in [-0.15, -0.1) is 0 Å². The highest BCUT2D eigenvalue weighted by Gasteiger charge is 2.12. The first-order valence-electron chi connectivity index (χ1n) is 4.69. The van der Waals surface area contributed by atoms with Crippen molar-refractivity contribution in [3.05, 3.63) is 35.1 Å². The van der Waals surface area contributed by atoms with Crippen LogP contribution in [-0.4, -0.2) is 16.5 Å². The summed E-state index contributed by atoms with van der Waals surface area (Å²) in [6.07, 6.45) is 0.632. The maximum Gasteiger partial charge on any atom is 0.156 e. The molecule has 0 aliphatic rings. The number of carbonyl (C=O) groups is 1. The third kappa shape index (κ3) is 1.56. The summed E-state index contributed by atoms with van der Waals surface area (Å²) in [5.74, 6) is -0.143. The van der Waals surface area contributed by atoms with E-state index in [4.69, 9.17) is 5.73 Å². The zero-order valence-corrected chi connectivity index (χ0v) is 8.62. The number of aryl methyl sites for hydroxylation is 1. The summed E-state index contributed by atoms with van der Waals surface area (Å²) < 4.78 is 13.1. The molecule has 0 fully saturated rings. The van der Waals surface area contributed by atoms with Crippen LogP contribution in [0.3, 0.4) is 0 Å². The lowest BCUT2D eigenvalue weighted by atomic mass is 10.1. The third-order valence-electron chi connectivity index (χ3n) is 2.40. The number of benzene rings is 1. The fourth-order valence-electron chi connectivity index (χ4n) is 1.50. The third-order valence-corrected chi connectivity index (χ3v) is 2.40. The molecule has 5 heteroatoms. The predicted molar refractivity (Wildman–Crippen MR) is 58.5 cm³/mol. The van der Waals surface area contributed by atoms with E-state index in [2.05, 4.69) is 10.2 Å². The highest BCUT2D eigenvalue weighted by atomic mass is 19.1. The van der Waals surface area contributed by atoms with Crippen LogP contribution in [0.15, 0.2) is 18.2 Å². The quantitative estimate of drug-likeness (QED) is 0.758. The minimum absolute atomic E-state index is 0.145. The van der Waals surface area contributed by atoms with Gasteiger partial charge in [0.2, 0.25) is 0 Å². The number of nitrogens with zero attached hydrogens (tertiary/aromatic N) is 1. The van der Waals surface area contributed by atoms with Gasteiger partial charge < -0.3 is 5.73 Å². The first-order valence-corrected chi connectivity index (χ1v) is 4.69. The van der Waals surface area contributed by atoms with Gasteiger partial charge in [0.1, 0.15) is 5.82 Å². The molecule has 0 saturated carbocycles. The molecule has 82 valence electrons. The van der Waals surface area contributed by atoms with E-state index in [0.717, 1.165) is 0 Å². The number of carbonyl (C=O) groups excluding carboxylic acids is 1. The molecule has 2 aromatic rings. The van der Waals surface area contributed by atoms with E-state index >= 15 is 0 Å². The van der Waals surface area contributed by atoms with E-state index in [1.807, 2.05) is 0 Å². The van der Waals surface area contributed by atoms with Crippen molar-refractivity contribution in [2.45, 2.75) is 6.92 Å². The minimum atomic E-state index is -0.288. The van der Waals surface area contributed by atoms with Crippen LogP contribution in [0, 0.1) is 12.7 Å². The molecular weight excluding hydrogens is 209 g/mol. The Morgan fingerprint density at radius 2 is 2.25 bits per heavy atom. The number of H-pyrrole nitrogens is 1. The molecule has 0 aliphatic carbocycles. The Labute approximate surface area is 91.3 Å². The summed E-state index contributed by atoms with van der Waals surface area (Å²) in [7, 11) is 0. The van der Waals surface area contributed by atoms with Gasteiger partial charge in [-0.2, -0.15) is 5.10 Å². The SMILES string of the molecule is Cc1cc(-c2[nH]nc(N)c2C=O)ccc1F. The Morgan fingerprint density at radius 1 is 1.50 bits per heavy atom. The number of aldehydes is 1. The molecule has 4 nitrogen and oxygen atoms in total. The maximum atomic E-state index is 13.1. The zero-order chi connectivity index (χ0) is 11.7. The van der Waals surface area contributed by atoms with Crippen molar-refractivity contribution in [3.63, 3.8) is 0 Å². The number of rotatable bonds is 2. The van der Waals surface area contributed by atoms with Gasteiger partial charge in [0.15, 0.2) is 12.1 Å². The van der Waals surface area contributed by atoms with Crippen LogP contribution < -0.4 is 5.73 Å². The standard InChI is InChI=1S/C11H10FN3O/c1-6-4-7(2-3-9(6)12)10-8(5-16)11(13)15-14-10/h2-5H,1H3,(H3,13,14,15). The molecule has 0 aliphatic heterocycles. The molecule has 1 heterocycles. The molecule has 0 radical (unpaired) electrons. The number of hydrogen-bond donors (Lipinski definition) is 2. The predicted octanol–water partition coefficient (Wildman–Crippen LogP) is 1.92. The summed E-state index contributed by atoms with van der Waals surface area (Å²) in [5.41, 5.74) is 7.50. The fraction of sp³-hybridized carbons (Fsp3) is 0.0909. The highest BCUT2D eigenvalue weighted by molar-refractivity contribution is 5.91. The molecule has 0 bridgehead atoms. The Kier molecular flexibility index (Phi) is 2.44. The van der Waals surface area contributed by atoms with Crippen molar-refractivity contribution in [2.75, 3.05) is 5.73 Å². The van der Waals surface area contributed by atoms with E-state index in [1.54, 1.807) is 19.1 Å². The molecule has 0 unspecified atom stereocenters. The van der Waals surface area contributed by atoms with E-state index < -0.39 is 0 Å². The minimum Gasteiger partial charge on any atom is -0.382 e. The van der Waals surface area contributed by atoms with Gasteiger partial charge in [-0.25, -0.2) is 4.39 Å². The molecule has 16 heavy (non-hydrogen) atoms. The van der Waals surface area contributed by atoms with Crippen molar-refractivity contribution in [2.24, 2.45) is 0 Å². The first-order chi connectivity index (χ1) is 7.63. The summed E-state index contributed by atoms with van der Waals surface area (Å²) >= 11 is 0. The Hall–Kier alpha value is -2.17. The van der Waals surface area contributed by atoms with Gasteiger partial charge in [-0.1, -0.05) is 0 Å². The van der Waals surface area contributed by atoms with Gasteiger partial charge in [0.25, 0.3) is 0 Å². The molecule has 3 N–H and O–H groups in total. The van der Waals surface area contributed by atoms with Crippen LogP contribution in [0.5, 0.6) is 0 Å². The van der Waals surface area contributed by atoms with E-state index in [9.17, 15) is 9.18 Å². The van der Waals surface area contributed by atoms with Crippen LogP contribution in [0.4, 0.5) is 10.2 Å². The van der Waals surface area contributed by atoms with Gasteiger partial charge in [-0.3, -0.25) is 9.89 Å². The molecule has 1 aromatic heterocycles. The smallest absolute Gasteiger partial charge is 0.156 e. The van der Waals surface area contributed by atoms with E-state index in [0.29, 0.717) is 28.7 Å². The first kappa shape index (κ1) is 10.4. The van der Waals surface area contributed by atoms with Crippen LogP contribution >= 0.6 is 0 Å². The summed E-state index contributed by atoms with van der Waals surface area (Å²) in [4.78, 5) is 10.8. The van der Waals surface area contributed by atoms with Crippen LogP contribution in [-0.2, 0) is 0 Å². The van der Waals surface area contributed by atoms with Gasteiger partial charge in [-0.05, 0) is 30.7 Å². The lowest BCUT2D eigenvalue weighted by molar-refractivity contribution is 0.112. The zero-order valence-electron chi connectivity index (χ0n) is 8.62. The summed E-state index contributed by atoms with van der Waals surface area (Å²) in [6.45, 7) is 1.65. The molecule has 2 rings (SSSR count). The second-order valence-electron chi connectivity index (χ2n) is 3.48. The Morgan fingerprint density at radius 3 is 2.88 bits per heavy atom. The number of anilines is 1. The van der Waals surface area contributed by atoms with E-state index in [-0.39, 0.29) is 11.6 Å². The van der Waals surface area contributed by atoms with Crippen molar-refractivity contribution in [3.8, 4) is 11.3 Å². The van der Waals surface area contributed by atoms with Crippen LogP contribution in [0.2, 0.25) is 0 Å². The van der Waals surface area contributed by atoms with Gasteiger partial charge >= 0.3 is 0 Å². The molecule has 1 aromatic carbocycles. The second-order valence-corrected chi connectivity index (χ2v) is 3.48. The molecule has 0 atom stereocenters. The maximum absolute atomic E-state index is 13.1. The van der Waals surface area contributed by atoms with Gasteiger partial charge in [0, 0.05) is 5.56 Å². The van der Waals surface area contributed by atoms with Crippen molar-refractivity contribution in [1.29, 1.82) is 0 Å². The van der Waals surface area contributed by atoms with Crippen LogP contribution in [0.1, 0.15) is 15.9 Å². The number of nitrogens with two attached hydrogens (primary N) is 1. The molecule has 0 saturated heterocycles. The average molecular weight is 219 g/mol. The largest absolute Gasteiger partial charge is 0.382 e.